The van der Waals surface area contributed by atoms with E-state index in [1.165, 1.54) is 6.92 Å². The normalized spacial score (nSPS) is 14.0. The van der Waals surface area contributed by atoms with Crippen molar-refractivity contribution >= 4 is 11.5 Å². The third-order valence-corrected chi connectivity index (χ3v) is 4.94. The Balaban J connectivity index is -0.00000131. The molecule has 2 rings (SSSR count). The maximum Gasteiger partial charge on any atom is 0.269 e. The predicted molar refractivity (Wildman–Crippen MR) is 154 cm³/mol. The van der Waals surface area contributed by atoms with E-state index < -0.39 is 22.9 Å². The first kappa shape index (κ1) is 38.5. The second kappa shape index (κ2) is 20.0. The Hall–Kier alpha value is -3.07. The Kier molecular flexibility index (Phi) is 20.8. The zero-order valence-electron chi connectivity index (χ0n) is 24.4. The fourth-order valence-corrected chi connectivity index (χ4v) is 2.89. The van der Waals surface area contributed by atoms with Gasteiger partial charge in [0.2, 0.25) is 5.91 Å². The lowest BCUT2D eigenvalue weighted by atomic mass is 10.0. The van der Waals surface area contributed by atoms with Gasteiger partial charge in [0.1, 0.15) is 5.83 Å². The second-order valence-electron chi connectivity index (χ2n) is 7.38. The number of alkyl halides is 2. The van der Waals surface area contributed by atoms with Crippen LogP contribution in [0.4, 0.5) is 13.2 Å². The predicted octanol–water partition coefficient (Wildman–Crippen LogP) is 9.34. The lowest BCUT2D eigenvalue weighted by Crippen LogP contribution is -2.35. The van der Waals surface area contributed by atoms with Crippen molar-refractivity contribution in [3.8, 4) is 12.8 Å². The van der Waals surface area contributed by atoms with Crippen molar-refractivity contribution in [2.24, 2.45) is 0 Å². The van der Waals surface area contributed by atoms with Crippen molar-refractivity contribution < 1.29 is 18.0 Å². The van der Waals surface area contributed by atoms with Crippen LogP contribution in [-0.2, 0) is 10.3 Å². The summed E-state index contributed by atoms with van der Waals surface area (Å²) < 4.78 is 40.7. The number of amides is 1. The maximum atomic E-state index is 14.1. The molecule has 3 nitrogen and oxygen atoms in total. The molecule has 0 saturated heterocycles. The van der Waals surface area contributed by atoms with Gasteiger partial charge in [-0.2, -0.15) is 0 Å². The molecule has 0 spiro atoms. The molecule has 0 unspecified atom stereocenters. The number of hydrogen-bond acceptors (Lipinski definition) is 2. The van der Waals surface area contributed by atoms with E-state index in [0.717, 1.165) is 31.4 Å². The molecule has 1 aliphatic carbocycles. The maximum absolute atomic E-state index is 14.1. The van der Waals surface area contributed by atoms with Gasteiger partial charge in [-0.25, -0.2) is 13.2 Å². The molecule has 0 aromatic carbocycles. The summed E-state index contributed by atoms with van der Waals surface area (Å²) in [6.45, 7) is 21.1. The standard InChI is InChI=1S/C23H27F3N2O.3C2H6.C2H2/c1-6-8-18(19(24)7-2)20-10-9-17(14-27-20)23(11-12-23)28-21(29)15(3)13-16(4)22(5,25)26;4*1-2/h6,8-10,13-14H,4,7,11-12H2,1-3,5H3,(H,28,29);3*1-2H3;1-2H/b8-6-,15-13+,19-18-;;;;. The van der Waals surface area contributed by atoms with Crippen LogP contribution in [0.15, 0.2) is 60.1 Å². The first-order valence-corrected chi connectivity index (χ1v) is 12.9. The molecule has 1 N–H and O–H groups in total. The molecule has 1 heterocycles. The van der Waals surface area contributed by atoms with Gasteiger partial charge in [0.15, 0.2) is 0 Å². The molecule has 1 fully saturated rings. The van der Waals surface area contributed by atoms with Crippen molar-refractivity contribution in [3.63, 3.8) is 0 Å². The highest BCUT2D eigenvalue weighted by Gasteiger charge is 2.46. The summed E-state index contributed by atoms with van der Waals surface area (Å²) in [7, 11) is 0. The third-order valence-electron chi connectivity index (χ3n) is 4.94. The number of halogens is 3. The van der Waals surface area contributed by atoms with Crippen molar-refractivity contribution in [2.45, 2.75) is 100.0 Å². The second-order valence-corrected chi connectivity index (χ2v) is 7.38. The molecule has 1 aliphatic rings. The summed E-state index contributed by atoms with van der Waals surface area (Å²) in [6.07, 6.45) is 15.9. The summed E-state index contributed by atoms with van der Waals surface area (Å²) in [5, 5.41) is 2.91. The van der Waals surface area contributed by atoms with Gasteiger partial charge in [0, 0.05) is 29.8 Å². The minimum absolute atomic E-state index is 0.163. The van der Waals surface area contributed by atoms with Crippen molar-refractivity contribution in [1.29, 1.82) is 0 Å². The Morgan fingerprint density at radius 2 is 1.68 bits per heavy atom. The molecule has 1 saturated carbocycles. The van der Waals surface area contributed by atoms with Gasteiger partial charge in [-0.15, -0.1) is 12.8 Å². The van der Waals surface area contributed by atoms with Crippen molar-refractivity contribution in [2.75, 3.05) is 0 Å². The first-order chi connectivity index (χ1) is 17.5. The fraction of sp³-hybridized carbons (Fsp3) is 0.484. The molecule has 1 amide bonds. The quantitative estimate of drug-likeness (QED) is 0.211. The summed E-state index contributed by atoms with van der Waals surface area (Å²) >= 11 is 0. The van der Waals surface area contributed by atoms with E-state index >= 15 is 0 Å². The van der Waals surface area contributed by atoms with Gasteiger partial charge < -0.3 is 5.32 Å². The Morgan fingerprint density at radius 3 is 2.03 bits per heavy atom. The number of carbonyl (C=O) groups excluding carboxylic acids is 1. The minimum Gasteiger partial charge on any atom is -0.343 e. The number of nitrogens with zero attached hydrogens (tertiary/aromatic N) is 1. The molecule has 1 aromatic rings. The van der Waals surface area contributed by atoms with Crippen LogP contribution in [0.2, 0.25) is 0 Å². The van der Waals surface area contributed by atoms with Gasteiger partial charge >= 0.3 is 0 Å². The molecule has 6 heteroatoms. The SMILES string of the molecule is C#C.C=C(/C=C(\C)C(=O)NC1(c2ccc(C(/C=C\C)=C(\F)CC)nc2)CC1)C(C)(F)F.CC.CC.CC. The van der Waals surface area contributed by atoms with E-state index in [4.69, 9.17) is 0 Å². The third kappa shape index (κ3) is 12.6. The minimum atomic E-state index is -3.08. The van der Waals surface area contributed by atoms with E-state index in [1.54, 1.807) is 31.3 Å². The van der Waals surface area contributed by atoms with Gasteiger partial charge in [-0.3, -0.25) is 9.78 Å². The Morgan fingerprint density at radius 1 is 1.16 bits per heavy atom. The average Bonchev–Trinajstić information content (AvgIpc) is 3.71. The number of hydrogen-bond donors (Lipinski definition) is 1. The summed E-state index contributed by atoms with van der Waals surface area (Å²) in [5.41, 5.74) is 0.942. The van der Waals surface area contributed by atoms with Crippen LogP contribution in [0.5, 0.6) is 0 Å². The molecule has 208 valence electrons. The number of aromatic nitrogens is 1. The average molecular weight is 521 g/mol. The van der Waals surface area contributed by atoms with Crippen LogP contribution < -0.4 is 5.32 Å². The van der Waals surface area contributed by atoms with Crippen LogP contribution in [0.3, 0.4) is 0 Å². The molecule has 0 atom stereocenters. The van der Waals surface area contributed by atoms with Crippen LogP contribution in [0.1, 0.15) is 99.8 Å². The van der Waals surface area contributed by atoms with Crippen LogP contribution in [0.25, 0.3) is 5.57 Å². The Bertz CT molecular complexity index is 914. The summed E-state index contributed by atoms with van der Waals surface area (Å²) in [4.78, 5) is 16.8. The number of rotatable bonds is 8. The first-order valence-electron chi connectivity index (χ1n) is 12.9. The smallest absolute Gasteiger partial charge is 0.269 e. The van der Waals surface area contributed by atoms with Gasteiger partial charge in [0.25, 0.3) is 5.92 Å². The highest BCUT2D eigenvalue weighted by molar-refractivity contribution is 5.94. The largest absolute Gasteiger partial charge is 0.343 e. The van der Waals surface area contributed by atoms with E-state index in [9.17, 15) is 18.0 Å². The highest BCUT2D eigenvalue weighted by Crippen LogP contribution is 2.45. The number of nitrogens with one attached hydrogen (secondary N) is 1. The van der Waals surface area contributed by atoms with E-state index in [1.807, 2.05) is 54.5 Å². The highest BCUT2D eigenvalue weighted by atomic mass is 19.3. The molecule has 0 radical (unpaired) electrons. The molecular weight excluding hydrogens is 473 g/mol. The van der Waals surface area contributed by atoms with E-state index in [2.05, 4.69) is 29.7 Å². The number of terminal acetylenes is 1. The van der Waals surface area contributed by atoms with Gasteiger partial charge in [-0.1, -0.05) is 73.3 Å². The topological polar surface area (TPSA) is 42.0 Å². The van der Waals surface area contributed by atoms with Crippen LogP contribution in [-0.4, -0.2) is 16.8 Å². The molecular formula is C31H47F3N2O. The fourth-order valence-electron chi connectivity index (χ4n) is 2.89. The molecule has 0 aliphatic heterocycles. The van der Waals surface area contributed by atoms with Gasteiger partial charge in [-0.05, 0) is 50.8 Å². The van der Waals surface area contributed by atoms with Crippen LogP contribution in [0, 0.1) is 12.8 Å². The number of allylic oxidation sites excluding steroid dienone is 6. The summed E-state index contributed by atoms with van der Waals surface area (Å²) in [5.74, 6) is -3.75. The zero-order valence-corrected chi connectivity index (χ0v) is 24.4. The zero-order chi connectivity index (χ0) is 29.8. The molecule has 0 bridgehead atoms. The molecule has 37 heavy (non-hydrogen) atoms. The van der Waals surface area contributed by atoms with Crippen molar-refractivity contribution in [3.05, 3.63) is 71.4 Å². The number of carbonyl (C=O) groups is 1. The van der Waals surface area contributed by atoms with E-state index in [-0.39, 0.29) is 17.8 Å². The van der Waals surface area contributed by atoms with Crippen LogP contribution >= 0.6 is 0 Å². The van der Waals surface area contributed by atoms with E-state index in [0.29, 0.717) is 11.3 Å². The number of pyridine rings is 1. The lowest BCUT2D eigenvalue weighted by molar-refractivity contribution is -0.118. The molecule has 1 aromatic heterocycles. The summed E-state index contributed by atoms with van der Waals surface area (Å²) in [6, 6.07) is 3.55. The monoisotopic (exact) mass is 520 g/mol. The van der Waals surface area contributed by atoms with Gasteiger partial charge in [0.05, 0.1) is 11.2 Å². The van der Waals surface area contributed by atoms with Crippen molar-refractivity contribution in [1.82, 2.24) is 10.3 Å². The Labute approximate surface area is 224 Å². The lowest BCUT2D eigenvalue weighted by Gasteiger charge is -2.19.